The van der Waals surface area contributed by atoms with E-state index in [4.69, 9.17) is 0 Å². The van der Waals surface area contributed by atoms with Crippen molar-refractivity contribution in [1.82, 2.24) is 14.7 Å². The molecule has 0 bridgehead atoms. The normalized spacial score (nSPS) is 23.5. The minimum atomic E-state index is -0.282. The quantitative estimate of drug-likeness (QED) is 0.820. The van der Waals surface area contributed by atoms with Gasteiger partial charge in [0.05, 0.1) is 5.92 Å². The van der Waals surface area contributed by atoms with Crippen molar-refractivity contribution in [3.8, 4) is 0 Å². The van der Waals surface area contributed by atoms with Crippen LogP contribution < -0.4 is 10.6 Å². The molecule has 1 aromatic heterocycles. The summed E-state index contributed by atoms with van der Waals surface area (Å²) in [6.07, 6.45) is 2.55. The summed E-state index contributed by atoms with van der Waals surface area (Å²) in [6, 6.07) is 0. The van der Waals surface area contributed by atoms with E-state index < -0.39 is 0 Å². The molecular formula is C10H12N4O2S. The number of nitrogens with one attached hydrogen (secondary N) is 2. The summed E-state index contributed by atoms with van der Waals surface area (Å²) in [5.74, 6) is 0.830. The van der Waals surface area contributed by atoms with Crippen LogP contribution in [0.1, 0.15) is 31.0 Å². The Morgan fingerprint density at radius 1 is 1.47 bits per heavy atom. The van der Waals surface area contributed by atoms with Gasteiger partial charge in [-0.2, -0.15) is 4.37 Å². The number of amides is 2. The second-order valence-electron chi connectivity index (χ2n) is 4.43. The summed E-state index contributed by atoms with van der Waals surface area (Å²) in [5.41, 5.74) is 0. The maximum Gasteiger partial charge on any atom is 0.231 e. The van der Waals surface area contributed by atoms with Gasteiger partial charge in [0.25, 0.3) is 0 Å². The Bertz CT molecular complexity index is 469. The molecule has 2 N–H and O–H groups in total. The number of anilines is 1. The molecule has 1 aliphatic heterocycles. The predicted molar refractivity (Wildman–Crippen MR) is 61.6 cm³/mol. The number of carbonyl (C=O) groups is 2. The minimum Gasteiger partial charge on any atom is -0.355 e. The van der Waals surface area contributed by atoms with E-state index in [0.29, 0.717) is 17.6 Å². The summed E-state index contributed by atoms with van der Waals surface area (Å²) >= 11 is 1.21. The summed E-state index contributed by atoms with van der Waals surface area (Å²) in [6.45, 7) is 0.416. The van der Waals surface area contributed by atoms with Crippen LogP contribution in [0, 0.1) is 5.92 Å². The highest BCUT2D eigenvalue weighted by atomic mass is 32.1. The van der Waals surface area contributed by atoms with Crippen molar-refractivity contribution in [1.29, 1.82) is 0 Å². The zero-order valence-corrected chi connectivity index (χ0v) is 9.92. The second kappa shape index (κ2) is 4.06. The molecule has 6 nitrogen and oxygen atoms in total. The summed E-state index contributed by atoms with van der Waals surface area (Å²) in [4.78, 5) is 27.1. The van der Waals surface area contributed by atoms with Crippen molar-refractivity contribution in [3.63, 3.8) is 0 Å². The van der Waals surface area contributed by atoms with Crippen LogP contribution in [0.3, 0.4) is 0 Å². The van der Waals surface area contributed by atoms with Gasteiger partial charge < -0.3 is 10.6 Å². The molecule has 2 heterocycles. The number of carbonyl (C=O) groups excluding carboxylic acids is 2. The topological polar surface area (TPSA) is 84.0 Å². The SMILES string of the molecule is O=C1CC(C(=O)Nc2nc(C3CC3)ns2)CN1. The highest BCUT2D eigenvalue weighted by Gasteiger charge is 2.30. The molecule has 2 aliphatic rings. The Hall–Kier alpha value is -1.50. The van der Waals surface area contributed by atoms with Crippen molar-refractivity contribution < 1.29 is 9.59 Å². The van der Waals surface area contributed by atoms with Gasteiger partial charge >= 0.3 is 0 Å². The Kier molecular flexibility index (Phi) is 2.54. The van der Waals surface area contributed by atoms with Crippen LogP contribution in [0.2, 0.25) is 0 Å². The van der Waals surface area contributed by atoms with Crippen molar-refractivity contribution in [2.24, 2.45) is 5.92 Å². The van der Waals surface area contributed by atoms with Crippen molar-refractivity contribution in [3.05, 3.63) is 5.82 Å². The van der Waals surface area contributed by atoms with E-state index in [1.54, 1.807) is 0 Å². The monoisotopic (exact) mass is 252 g/mol. The van der Waals surface area contributed by atoms with Crippen LogP contribution in [0.5, 0.6) is 0 Å². The van der Waals surface area contributed by atoms with Crippen molar-refractivity contribution >= 4 is 28.5 Å². The van der Waals surface area contributed by atoms with Crippen LogP contribution in [0.4, 0.5) is 5.13 Å². The van der Waals surface area contributed by atoms with E-state index in [0.717, 1.165) is 18.7 Å². The first-order valence-corrected chi connectivity index (χ1v) is 6.41. The number of aromatic nitrogens is 2. The Labute approximate surface area is 102 Å². The van der Waals surface area contributed by atoms with Crippen molar-refractivity contribution in [2.45, 2.75) is 25.2 Å². The Balaban J connectivity index is 1.61. The molecule has 1 saturated heterocycles. The van der Waals surface area contributed by atoms with Gasteiger partial charge in [-0.15, -0.1) is 0 Å². The molecule has 17 heavy (non-hydrogen) atoms. The van der Waals surface area contributed by atoms with Crippen LogP contribution in [-0.2, 0) is 9.59 Å². The summed E-state index contributed by atoms with van der Waals surface area (Å²) in [5, 5.41) is 5.90. The maximum absolute atomic E-state index is 11.8. The van der Waals surface area contributed by atoms with Gasteiger partial charge in [-0.1, -0.05) is 0 Å². The van der Waals surface area contributed by atoms with E-state index >= 15 is 0 Å². The molecule has 3 rings (SSSR count). The average Bonchev–Trinajstić information content (AvgIpc) is 2.90. The number of hydrogen-bond donors (Lipinski definition) is 2. The van der Waals surface area contributed by atoms with E-state index in [1.807, 2.05) is 0 Å². The number of nitrogens with zero attached hydrogens (tertiary/aromatic N) is 2. The fourth-order valence-corrected chi connectivity index (χ4v) is 2.44. The molecule has 2 amide bonds. The Morgan fingerprint density at radius 2 is 2.29 bits per heavy atom. The largest absolute Gasteiger partial charge is 0.355 e. The lowest BCUT2D eigenvalue weighted by molar-refractivity contribution is -0.123. The number of hydrogen-bond acceptors (Lipinski definition) is 5. The molecule has 0 aromatic carbocycles. The zero-order chi connectivity index (χ0) is 11.8. The van der Waals surface area contributed by atoms with Gasteiger partial charge in [-0.05, 0) is 12.8 Å². The van der Waals surface area contributed by atoms with Crippen LogP contribution in [-0.4, -0.2) is 27.7 Å². The molecule has 1 aromatic rings. The highest BCUT2D eigenvalue weighted by Crippen LogP contribution is 2.39. The van der Waals surface area contributed by atoms with Gasteiger partial charge in [0.2, 0.25) is 16.9 Å². The molecule has 0 spiro atoms. The van der Waals surface area contributed by atoms with Gasteiger partial charge in [0.15, 0.2) is 0 Å². The fourth-order valence-electron chi connectivity index (χ4n) is 1.79. The molecule has 1 aliphatic carbocycles. The first-order valence-electron chi connectivity index (χ1n) is 5.63. The fraction of sp³-hybridized carbons (Fsp3) is 0.600. The van der Waals surface area contributed by atoms with Gasteiger partial charge in [-0.3, -0.25) is 9.59 Å². The molecule has 1 unspecified atom stereocenters. The average molecular weight is 252 g/mol. The summed E-state index contributed by atoms with van der Waals surface area (Å²) < 4.78 is 4.21. The molecule has 2 fully saturated rings. The third kappa shape index (κ3) is 2.28. The van der Waals surface area contributed by atoms with E-state index in [9.17, 15) is 9.59 Å². The standard InChI is InChI=1S/C10H12N4O2S/c15-7-3-6(4-11-7)9(16)13-10-12-8(14-17-10)5-1-2-5/h5-6H,1-4H2,(H,11,15)(H,12,13,14,16). The smallest absolute Gasteiger partial charge is 0.231 e. The van der Waals surface area contributed by atoms with Crippen LogP contribution in [0.15, 0.2) is 0 Å². The molecule has 1 atom stereocenters. The molecule has 90 valence electrons. The third-order valence-electron chi connectivity index (χ3n) is 2.96. The second-order valence-corrected chi connectivity index (χ2v) is 5.18. The van der Waals surface area contributed by atoms with Crippen molar-refractivity contribution in [2.75, 3.05) is 11.9 Å². The lowest BCUT2D eigenvalue weighted by Crippen LogP contribution is -2.24. The van der Waals surface area contributed by atoms with E-state index in [1.165, 1.54) is 11.5 Å². The van der Waals surface area contributed by atoms with Crippen LogP contribution >= 0.6 is 11.5 Å². The Morgan fingerprint density at radius 3 is 2.94 bits per heavy atom. The van der Waals surface area contributed by atoms with Gasteiger partial charge in [-0.25, -0.2) is 4.98 Å². The van der Waals surface area contributed by atoms with Crippen LogP contribution in [0.25, 0.3) is 0 Å². The minimum absolute atomic E-state index is 0.0684. The maximum atomic E-state index is 11.8. The molecule has 1 saturated carbocycles. The van der Waals surface area contributed by atoms with Gasteiger partial charge in [0.1, 0.15) is 5.82 Å². The zero-order valence-electron chi connectivity index (χ0n) is 9.10. The van der Waals surface area contributed by atoms with Gasteiger partial charge in [0, 0.05) is 30.4 Å². The molecule has 0 radical (unpaired) electrons. The molecule has 7 heteroatoms. The molecular weight excluding hydrogens is 240 g/mol. The lowest BCUT2D eigenvalue weighted by atomic mass is 10.1. The lowest BCUT2D eigenvalue weighted by Gasteiger charge is -2.05. The highest BCUT2D eigenvalue weighted by molar-refractivity contribution is 7.09. The summed E-state index contributed by atoms with van der Waals surface area (Å²) in [7, 11) is 0. The van der Waals surface area contributed by atoms with E-state index in [2.05, 4.69) is 20.0 Å². The van der Waals surface area contributed by atoms with E-state index in [-0.39, 0.29) is 24.2 Å². The predicted octanol–water partition coefficient (Wildman–Crippen LogP) is 0.490. The number of rotatable bonds is 3. The first kappa shape index (κ1) is 10.6. The first-order chi connectivity index (χ1) is 8.22. The third-order valence-corrected chi connectivity index (χ3v) is 3.61.